The second-order valence-corrected chi connectivity index (χ2v) is 6.82. The zero-order valence-electron chi connectivity index (χ0n) is 14.5. The average molecular weight is 327 g/mol. The van der Waals surface area contributed by atoms with Gasteiger partial charge in [0.05, 0.1) is 0 Å². The number of amides is 2. The lowest BCUT2D eigenvalue weighted by atomic mass is 10.0. The molecule has 1 heterocycles. The number of hydrogen-bond acceptors (Lipinski definition) is 3. The molecule has 2 N–H and O–H groups in total. The van der Waals surface area contributed by atoms with Gasteiger partial charge in [-0.3, -0.25) is 5.10 Å². The van der Waals surface area contributed by atoms with Gasteiger partial charge in [0.2, 0.25) is 0 Å². The topological polar surface area (TPSA) is 73.9 Å². The van der Waals surface area contributed by atoms with Crippen molar-refractivity contribution in [3.8, 4) is 11.4 Å². The van der Waals surface area contributed by atoms with Gasteiger partial charge in [0, 0.05) is 24.2 Å². The maximum atomic E-state index is 12.6. The van der Waals surface area contributed by atoms with E-state index >= 15 is 0 Å². The molecule has 1 atom stereocenters. The first-order chi connectivity index (χ1) is 11.6. The normalized spacial score (nSPS) is 15.3. The zero-order valence-corrected chi connectivity index (χ0v) is 14.5. The van der Waals surface area contributed by atoms with Crippen LogP contribution in [0.5, 0.6) is 0 Å². The smallest absolute Gasteiger partial charge is 0.318 e. The van der Waals surface area contributed by atoms with Crippen molar-refractivity contribution in [2.45, 2.75) is 52.2 Å². The van der Waals surface area contributed by atoms with E-state index < -0.39 is 0 Å². The summed E-state index contributed by atoms with van der Waals surface area (Å²) in [6.07, 6.45) is 3.72. The highest BCUT2D eigenvalue weighted by molar-refractivity contribution is 5.75. The Labute approximate surface area is 142 Å². The summed E-state index contributed by atoms with van der Waals surface area (Å²) in [4.78, 5) is 18.8. The molecular weight excluding hydrogens is 302 g/mol. The zero-order chi connectivity index (χ0) is 17.1. The van der Waals surface area contributed by atoms with Crippen molar-refractivity contribution in [3.05, 3.63) is 36.2 Å². The summed E-state index contributed by atoms with van der Waals surface area (Å²) >= 11 is 0. The van der Waals surface area contributed by atoms with Crippen LogP contribution in [0.25, 0.3) is 11.4 Å². The molecule has 3 rings (SSSR count). The fourth-order valence-corrected chi connectivity index (χ4v) is 2.80. The molecule has 1 aromatic heterocycles. The van der Waals surface area contributed by atoms with Gasteiger partial charge in [-0.05, 0) is 37.3 Å². The van der Waals surface area contributed by atoms with E-state index in [4.69, 9.17) is 0 Å². The quantitative estimate of drug-likeness (QED) is 0.855. The molecule has 6 heteroatoms. The Morgan fingerprint density at radius 2 is 2.17 bits per heavy atom. The maximum Gasteiger partial charge on any atom is 0.318 e. The molecule has 0 saturated heterocycles. The van der Waals surface area contributed by atoms with Gasteiger partial charge in [-0.2, -0.15) is 5.10 Å². The molecule has 6 nitrogen and oxygen atoms in total. The monoisotopic (exact) mass is 327 g/mol. The van der Waals surface area contributed by atoms with Crippen molar-refractivity contribution in [1.29, 1.82) is 0 Å². The van der Waals surface area contributed by atoms with Crippen LogP contribution in [-0.2, 0) is 6.54 Å². The highest BCUT2D eigenvalue weighted by atomic mass is 16.2. The summed E-state index contributed by atoms with van der Waals surface area (Å²) in [6, 6.07) is 8.66. The molecular formula is C18H25N5O. The standard InChI is InChI=1S/C18H25N5O/c1-12(2)13(3)23(16-7-8-16)18(24)19-10-14-5-4-6-15(9-14)17-20-11-21-22-17/h4-6,9,11-13,16H,7-8,10H2,1-3H3,(H,19,24)(H,20,21,22)/t13-/m1/s1. The molecule has 1 saturated carbocycles. The van der Waals surface area contributed by atoms with Crippen LogP contribution < -0.4 is 5.32 Å². The van der Waals surface area contributed by atoms with E-state index in [1.807, 2.05) is 29.2 Å². The predicted molar refractivity (Wildman–Crippen MR) is 93.2 cm³/mol. The van der Waals surface area contributed by atoms with Gasteiger partial charge in [0.1, 0.15) is 6.33 Å². The number of nitrogens with one attached hydrogen (secondary N) is 2. The van der Waals surface area contributed by atoms with Crippen LogP contribution in [0.2, 0.25) is 0 Å². The van der Waals surface area contributed by atoms with Crippen molar-refractivity contribution in [2.75, 3.05) is 0 Å². The Hall–Kier alpha value is -2.37. The summed E-state index contributed by atoms with van der Waals surface area (Å²) in [5.41, 5.74) is 2.01. The van der Waals surface area contributed by atoms with E-state index in [9.17, 15) is 4.79 Å². The molecule has 1 aliphatic rings. The van der Waals surface area contributed by atoms with E-state index in [1.165, 1.54) is 6.33 Å². The minimum absolute atomic E-state index is 0.0313. The lowest BCUT2D eigenvalue weighted by molar-refractivity contribution is 0.156. The Balaban J connectivity index is 1.64. The van der Waals surface area contributed by atoms with Crippen LogP contribution in [0.4, 0.5) is 4.79 Å². The van der Waals surface area contributed by atoms with Crippen molar-refractivity contribution in [3.63, 3.8) is 0 Å². The summed E-state index contributed by atoms with van der Waals surface area (Å²) in [5.74, 6) is 1.18. The van der Waals surface area contributed by atoms with E-state index in [-0.39, 0.29) is 12.1 Å². The Bertz CT molecular complexity index is 678. The number of benzene rings is 1. The number of H-pyrrole nitrogens is 1. The maximum absolute atomic E-state index is 12.6. The molecule has 1 aliphatic carbocycles. The SMILES string of the molecule is CC(C)[C@@H](C)N(C(=O)NCc1cccc(-c2ncn[nH]2)c1)C1CC1. The number of urea groups is 1. The lowest BCUT2D eigenvalue weighted by Gasteiger charge is -2.32. The van der Waals surface area contributed by atoms with E-state index in [0.29, 0.717) is 18.5 Å². The summed E-state index contributed by atoms with van der Waals surface area (Å²) in [5, 5.41) is 9.80. The lowest BCUT2D eigenvalue weighted by Crippen LogP contribution is -2.48. The third-order valence-corrected chi connectivity index (χ3v) is 4.64. The molecule has 2 aromatic rings. The molecule has 0 radical (unpaired) electrons. The number of rotatable bonds is 6. The number of hydrogen-bond donors (Lipinski definition) is 2. The number of nitrogens with zero attached hydrogens (tertiary/aromatic N) is 3. The van der Waals surface area contributed by atoms with Gasteiger partial charge in [-0.25, -0.2) is 9.78 Å². The highest BCUT2D eigenvalue weighted by Gasteiger charge is 2.36. The minimum atomic E-state index is 0.0313. The van der Waals surface area contributed by atoms with Crippen LogP contribution in [0.15, 0.2) is 30.6 Å². The van der Waals surface area contributed by atoms with Crippen LogP contribution in [0.1, 0.15) is 39.2 Å². The minimum Gasteiger partial charge on any atom is -0.334 e. The molecule has 0 bridgehead atoms. The van der Waals surface area contributed by atoms with Crippen LogP contribution in [0, 0.1) is 5.92 Å². The van der Waals surface area contributed by atoms with Crippen molar-refractivity contribution in [1.82, 2.24) is 25.4 Å². The van der Waals surface area contributed by atoms with Gasteiger partial charge in [0.25, 0.3) is 0 Å². The van der Waals surface area contributed by atoms with Gasteiger partial charge in [0.15, 0.2) is 5.82 Å². The molecule has 0 spiro atoms. The summed E-state index contributed by atoms with van der Waals surface area (Å²) in [7, 11) is 0. The van der Waals surface area contributed by atoms with Crippen molar-refractivity contribution >= 4 is 6.03 Å². The molecule has 128 valence electrons. The molecule has 1 fully saturated rings. The fourth-order valence-electron chi connectivity index (χ4n) is 2.80. The number of aromatic amines is 1. The Morgan fingerprint density at radius 1 is 1.38 bits per heavy atom. The third-order valence-electron chi connectivity index (χ3n) is 4.64. The Kier molecular flexibility index (Phi) is 4.83. The van der Waals surface area contributed by atoms with E-state index in [2.05, 4.69) is 41.3 Å². The van der Waals surface area contributed by atoms with Gasteiger partial charge < -0.3 is 10.2 Å². The highest BCUT2D eigenvalue weighted by Crippen LogP contribution is 2.30. The average Bonchev–Trinajstić information content (AvgIpc) is 3.25. The van der Waals surface area contributed by atoms with Gasteiger partial charge in [-0.15, -0.1) is 0 Å². The van der Waals surface area contributed by atoms with E-state index in [1.54, 1.807) is 0 Å². The third kappa shape index (κ3) is 3.75. The number of carbonyl (C=O) groups excluding carboxylic acids is 1. The summed E-state index contributed by atoms with van der Waals surface area (Å²) < 4.78 is 0. The summed E-state index contributed by atoms with van der Waals surface area (Å²) in [6.45, 7) is 6.96. The first kappa shape index (κ1) is 16.5. The first-order valence-electron chi connectivity index (χ1n) is 8.57. The van der Waals surface area contributed by atoms with Crippen molar-refractivity contribution < 1.29 is 4.79 Å². The fraction of sp³-hybridized carbons (Fsp3) is 0.500. The van der Waals surface area contributed by atoms with Gasteiger partial charge >= 0.3 is 6.03 Å². The molecule has 24 heavy (non-hydrogen) atoms. The molecule has 0 unspecified atom stereocenters. The predicted octanol–water partition coefficient (Wildman–Crippen LogP) is 3.19. The van der Waals surface area contributed by atoms with Crippen LogP contribution in [-0.4, -0.2) is 38.2 Å². The molecule has 1 aromatic carbocycles. The Morgan fingerprint density at radius 3 is 2.79 bits per heavy atom. The second-order valence-electron chi connectivity index (χ2n) is 6.82. The first-order valence-corrected chi connectivity index (χ1v) is 8.57. The number of carbonyl (C=O) groups is 1. The van der Waals surface area contributed by atoms with Gasteiger partial charge in [-0.1, -0.05) is 32.0 Å². The van der Waals surface area contributed by atoms with Crippen molar-refractivity contribution in [2.24, 2.45) is 5.92 Å². The number of aromatic nitrogens is 3. The molecule has 2 amide bonds. The van der Waals surface area contributed by atoms with Crippen LogP contribution in [0.3, 0.4) is 0 Å². The van der Waals surface area contributed by atoms with E-state index in [0.717, 1.165) is 29.8 Å². The largest absolute Gasteiger partial charge is 0.334 e. The molecule has 0 aliphatic heterocycles. The second kappa shape index (κ2) is 7.03. The van der Waals surface area contributed by atoms with Crippen LogP contribution >= 0.6 is 0 Å².